The molecular weight excluding hydrogens is 600 g/mol. The van der Waals surface area contributed by atoms with Crippen molar-refractivity contribution >= 4 is 35.3 Å². The number of rotatable bonds is 12. The molecule has 8 heteroatoms. The maximum absolute atomic E-state index is 13.3. The molecule has 0 aliphatic carbocycles. The second-order valence-electron chi connectivity index (χ2n) is 12.3. The molecule has 0 spiro atoms. The summed E-state index contributed by atoms with van der Waals surface area (Å²) in [5, 5.41) is 6.21. The molecular formula is C40H44N4O4. The lowest BCUT2D eigenvalue weighted by Gasteiger charge is -2.31. The van der Waals surface area contributed by atoms with E-state index in [1.807, 2.05) is 121 Å². The third-order valence-electron chi connectivity index (χ3n) is 9.24. The van der Waals surface area contributed by atoms with E-state index in [-0.39, 0.29) is 36.4 Å². The molecule has 6 rings (SSSR count). The highest BCUT2D eigenvalue weighted by Crippen LogP contribution is 2.32. The summed E-state index contributed by atoms with van der Waals surface area (Å²) in [6, 6.07) is 35.3. The molecule has 2 amide bonds. The number of amides is 2. The van der Waals surface area contributed by atoms with Gasteiger partial charge in [0.1, 0.15) is 12.5 Å². The van der Waals surface area contributed by atoms with Crippen LogP contribution < -0.4 is 10.6 Å². The van der Waals surface area contributed by atoms with Gasteiger partial charge in [-0.2, -0.15) is 0 Å². The second kappa shape index (κ2) is 16.0. The molecule has 8 nitrogen and oxygen atoms in total. The second-order valence-corrected chi connectivity index (χ2v) is 12.3. The van der Waals surface area contributed by atoms with Crippen LogP contribution in [0.25, 0.3) is 12.2 Å². The number of anilines is 2. The first-order chi connectivity index (χ1) is 23.5. The number of ether oxygens (including phenoxy) is 2. The van der Waals surface area contributed by atoms with Crippen LogP contribution in [0.3, 0.4) is 0 Å². The van der Waals surface area contributed by atoms with Crippen LogP contribution in [-0.4, -0.2) is 61.0 Å². The van der Waals surface area contributed by atoms with Gasteiger partial charge >= 0.3 is 0 Å². The van der Waals surface area contributed by atoms with Crippen molar-refractivity contribution in [3.63, 3.8) is 0 Å². The molecule has 2 heterocycles. The molecule has 2 fully saturated rings. The largest absolute Gasteiger partial charge is 0.362 e. The minimum Gasteiger partial charge on any atom is -0.362 e. The molecule has 4 aromatic carbocycles. The molecule has 2 saturated heterocycles. The maximum atomic E-state index is 13.3. The van der Waals surface area contributed by atoms with E-state index in [4.69, 9.17) is 9.47 Å². The molecule has 2 aliphatic rings. The molecule has 4 atom stereocenters. The summed E-state index contributed by atoms with van der Waals surface area (Å²) in [6.45, 7) is 1.62. The van der Waals surface area contributed by atoms with Crippen molar-refractivity contribution in [2.75, 3.05) is 37.9 Å². The topological polar surface area (TPSA) is 83.1 Å². The Bertz CT molecular complexity index is 1540. The number of carbonyl (C=O) groups is 2. The smallest absolute Gasteiger partial charge is 0.241 e. The molecule has 4 aromatic rings. The van der Waals surface area contributed by atoms with Crippen molar-refractivity contribution in [1.29, 1.82) is 0 Å². The predicted octanol–water partition coefficient (Wildman–Crippen LogP) is 7.35. The Hall–Kier alpha value is -4.60. The lowest BCUT2D eigenvalue weighted by molar-refractivity contribution is -0.126. The highest BCUT2D eigenvalue weighted by molar-refractivity contribution is 5.96. The number of likely N-dealkylation sites (tertiary alicyclic amines) is 2. The van der Waals surface area contributed by atoms with Gasteiger partial charge in [-0.25, -0.2) is 0 Å². The summed E-state index contributed by atoms with van der Waals surface area (Å²) in [5.74, 6) is -0.0346. The Labute approximate surface area is 283 Å². The fourth-order valence-corrected chi connectivity index (χ4v) is 6.86. The number of nitrogens with one attached hydrogen (secondary N) is 2. The molecule has 48 heavy (non-hydrogen) atoms. The molecule has 0 unspecified atom stereocenters. The Balaban J connectivity index is 1.02. The quantitative estimate of drug-likeness (QED) is 0.157. The van der Waals surface area contributed by atoms with Crippen molar-refractivity contribution in [2.24, 2.45) is 0 Å². The SMILES string of the molecule is CO[C@H](c1ccccc1)N1CCC[C@H]1C(=O)Nc1ccc(/C=C/c2ccc(NC(=O)[C@@H]3CCCN3[C@H](OC)c3ccccc3)cc2)cc1. The standard InChI is InChI=1S/C40H44N4O4/c1-47-39(31-11-5-3-6-12-31)43-27-9-15-35(43)37(45)41-33-23-19-29(20-24-33)17-18-30-21-25-34(26-22-30)42-38(46)36-16-10-28-44(36)40(48-2)32-13-7-4-8-14-32/h3-8,11-14,17-26,35-36,39-40H,9-10,15-16,27-28H2,1-2H3,(H,41,45)(H,42,46)/b18-17+/t35-,36-,39+,40+/m0/s1. The predicted molar refractivity (Wildman–Crippen MR) is 191 cm³/mol. The van der Waals surface area contributed by atoms with Crippen LogP contribution in [0.5, 0.6) is 0 Å². The van der Waals surface area contributed by atoms with E-state index in [2.05, 4.69) is 20.4 Å². The maximum Gasteiger partial charge on any atom is 0.241 e. The monoisotopic (exact) mass is 644 g/mol. The van der Waals surface area contributed by atoms with Crippen molar-refractivity contribution in [2.45, 2.75) is 50.2 Å². The van der Waals surface area contributed by atoms with Gasteiger partial charge in [0.05, 0.1) is 12.1 Å². The molecule has 0 saturated carbocycles. The highest BCUT2D eigenvalue weighted by atomic mass is 16.5. The summed E-state index contributed by atoms with van der Waals surface area (Å²) in [6.07, 6.45) is 7.04. The summed E-state index contributed by atoms with van der Waals surface area (Å²) < 4.78 is 11.6. The Morgan fingerprint density at radius 1 is 0.604 bits per heavy atom. The highest BCUT2D eigenvalue weighted by Gasteiger charge is 2.37. The fourth-order valence-electron chi connectivity index (χ4n) is 6.86. The average Bonchev–Trinajstić information content (AvgIpc) is 3.81. The minimum absolute atomic E-state index is 0.0173. The van der Waals surface area contributed by atoms with E-state index in [0.717, 1.165) is 72.4 Å². The normalized spacial score (nSPS) is 19.7. The van der Waals surface area contributed by atoms with E-state index < -0.39 is 0 Å². The Morgan fingerprint density at radius 3 is 1.33 bits per heavy atom. The Kier molecular flexibility index (Phi) is 11.1. The molecule has 2 aliphatic heterocycles. The number of hydrogen-bond donors (Lipinski definition) is 2. The van der Waals surface area contributed by atoms with Crippen LogP contribution in [-0.2, 0) is 19.1 Å². The fraction of sp³-hybridized carbons (Fsp3) is 0.300. The lowest BCUT2D eigenvalue weighted by Crippen LogP contribution is -2.42. The number of benzene rings is 4. The van der Waals surface area contributed by atoms with Crippen LogP contribution in [0.2, 0.25) is 0 Å². The summed E-state index contributed by atoms with van der Waals surface area (Å²) in [7, 11) is 3.39. The van der Waals surface area contributed by atoms with Gasteiger partial charge in [-0.3, -0.25) is 19.4 Å². The van der Waals surface area contributed by atoms with Crippen molar-refractivity contribution in [3.05, 3.63) is 131 Å². The lowest BCUT2D eigenvalue weighted by atomic mass is 10.1. The third kappa shape index (κ3) is 7.91. The van der Waals surface area contributed by atoms with E-state index >= 15 is 0 Å². The van der Waals surface area contributed by atoms with Crippen LogP contribution in [0.15, 0.2) is 109 Å². The van der Waals surface area contributed by atoms with E-state index in [1.54, 1.807) is 14.2 Å². The third-order valence-corrected chi connectivity index (χ3v) is 9.24. The zero-order chi connectivity index (χ0) is 33.3. The van der Waals surface area contributed by atoms with Gasteiger partial charge < -0.3 is 20.1 Å². The Morgan fingerprint density at radius 2 is 0.979 bits per heavy atom. The van der Waals surface area contributed by atoms with Crippen molar-refractivity contribution < 1.29 is 19.1 Å². The van der Waals surface area contributed by atoms with Gasteiger partial charge in [0.15, 0.2) is 0 Å². The summed E-state index contributed by atoms with van der Waals surface area (Å²) in [5.41, 5.74) is 5.66. The molecule has 0 radical (unpaired) electrons. The van der Waals surface area contributed by atoms with Gasteiger partial charge in [-0.05, 0) is 72.2 Å². The molecule has 0 bridgehead atoms. The number of methoxy groups -OCH3 is 2. The van der Waals surface area contributed by atoms with Gasteiger partial charge in [0, 0.05) is 38.7 Å². The van der Waals surface area contributed by atoms with Gasteiger partial charge in [0.2, 0.25) is 11.8 Å². The van der Waals surface area contributed by atoms with Crippen molar-refractivity contribution in [1.82, 2.24) is 9.80 Å². The average molecular weight is 645 g/mol. The van der Waals surface area contributed by atoms with E-state index in [9.17, 15) is 9.59 Å². The molecule has 248 valence electrons. The zero-order valence-corrected chi connectivity index (χ0v) is 27.6. The zero-order valence-electron chi connectivity index (χ0n) is 27.6. The first-order valence-electron chi connectivity index (χ1n) is 16.7. The summed E-state index contributed by atoms with van der Waals surface area (Å²) in [4.78, 5) is 30.9. The van der Waals surface area contributed by atoms with Gasteiger partial charge in [0.25, 0.3) is 0 Å². The van der Waals surface area contributed by atoms with Crippen LogP contribution in [0.1, 0.15) is 60.4 Å². The van der Waals surface area contributed by atoms with Crippen LogP contribution >= 0.6 is 0 Å². The number of hydrogen-bond acceptors (Lipinski definition) is 6. The van der Waals surface area contributed by atoms with Crippen molar-refractivity contribution in [3.8, 4) is 0 Å². The van der Waals surface area contributed by atoms with Crippen LogP contribution in [0, 0.1) is 0 Å². The van der Waals surface area contributed by atoms with E-state index in [1.165, 1.54) is 0 Å². The first kappa shape index (κ1) is 33.3. The number of carbonyl (C=O) groups excluding carboxylic acids is 2. The van der Waals surface area contributed by atoms with Gasteiger partial charge in [-0.1, -0.05) is 97.1 Å². The number of nitrogens with zero attached hydrogens (tertiary/aromatic N) is 2. The minimum atomic E-state index is -0.256. The molecule has 2 N–H and O–H groups in total. The first-order valence-corrected chi connectivity index (χ1v) is 16.7. The van der Waals surface area contributed by atoms with Crippen LogP contribution in [0.4, 0.5) is 11.4 Å². The van der Waals surface area contributed by atoms with Gasteiger partial charge in [-0.15, -0.1) is 0 Å². The molecule has 0 aromatic heterocycles. The summed E-state index contributed by atoms with van der Waals surface area (Å²) >= 11 is 0. The van der Waals surface area contributed by atoms with E-state index in [0.29, 0.717) is 0 Å².